The molecule has 0 amide bonds. The zero-order valence-electron chi connectivity index (χ0n) is 12.8. The molecule has 2 aromatic carbocycles. The van der Waals surface area contributed by atoms with Crippen LogP contribution in [0.2, 0.25) is 0 Å². The smallest absolute Gasteiger partial charge is 0.312 e. The van der Waals surface area contributed by atoms with E-state index in [0.717, 1.165) is 18.9 Å². The van der Waals surface area contributed by atoms with E-state index in [9.17, 15) is 18.5 Å². The van der Waals surface area contributed by atoms with Gasteiger partial charge in [0.05, 0.1) is 4.92 Å². The van der Waals surface area contributed by atoms with Gasteiger partial charge in [-0.3, -0.25) is 10.1 Å². The molecule has 0 radical (unpaired) electrons. The van der Waals surface area contributed by atoms with Crippen molar-refractivity contribution in [2.45, 2.75) is 29.7 Å². The third-order valence-corrected chi connectivity index (χ3v) is 5.20. The number of para-hydroxylation sites is 1. The van der Waals surface area contributed by atoms with Gasteiger partial charge in [-0.1, -0.05) is 36.4 Å². The normalized spacial score (nSPS) is 20.2. The molecule has 2 aromatic rings. The number of nitrogens with zero attached hydrogens (tertiary/aromatic N) is 1. The molecule has 0 aromatic heterocycles. The molecule has 8 heteroatoms. The molecular weight excluding hydrogens is 330 g/mol. The molecule has 0 unspecified atom stereocenters. The molecule has 0 saturated heterocycles. The summed E-state index contributed by atoms with van der Waals surface area (Å²) in [5.41, 5.74) is 0.925. The maximum Gasteiger partial charge on any atom is 0.312 e. The Balaban J connectivity index is 1.79. The van der Waals surface area contributed by atoms with E-state index in [-0.39, 0.29) is 11.7 Å². The first-order chi connectivity index (χ1) is 11.4. The highest BCUT2D eigenvalue weighted by molar-refractivity contribution is 7.89. The van der Waals surface area contributed by atoms with Crippen LogP contribution < -0.4 is 10.5 Å². The quantitative estimate of drug-likeness (QED) is 0.637. The second-order valence-electron chi connectivity index (χ2n) is 5.87. The van der Waals surface area contributed by atoms with Crippen molar-refractivity contribution in [1.29, 1.82) is 0 Å². The number of anilines is 1. The zero-order valence-corrected chi connectivity index (χ0v) is 13.6. The van der Waals surface area contributed by atoms with Crippen LogP contribution in [0.1, 0.15) is 24.3 Å². The predicted octanol–water partition coefficient (Wildman–Crippen LogP) is 2.60. The average Bonchev–Trinajstić information content (AvgIpc) is 2.50. The Hall–Kier alpha value is -2.45. The number of hydrogen-bond acceptors (Lipinski definition) is 5. The van der Waals surface area contributed by atoms with Gasteiger partial charge >= 0.3 is 5.69 Å². The SMILES string of the molecule is NS(=O)(=O)c1cccc(NC2CC(c3ccccc3)C2)c1[N+](=O)[O-]. The van der Waals surface area contributed by atoms with E-state index in [2.05, 4.69) is 17.4 Å². The first-order valence-electron chi connectivity index (χ1n) is 7.48. The fourth-order valence-electron chi connectivity index (χ4n) is 3.01. The summed E-state index contributed by atoms with van der Waals surface area (Å²) in [5, 5.41) is 19.5. The van der Waals surface area contributed by atoms with Gasteiger partial charge in [0.2, 0.25) is 10.0 Å². The molecule has 126 valence electrons. The van der Waals surface area contributed by atoms with Gasteiger partial charge in [0.1, 0.15) is 5.69 Å². The summed E-state index contributed by atoms with van der Waals surface area (Å²) in [6.45, 7) is 0. The van der Waals surface area contributed by atoms with Crippen LogP contribution >= 0.6 is 0 Å². The van der Waals surface area contributed by atoms with E-state index in [1.54, 1.807) is 0 Å². The fraction of sp³-hybridized carbons (Fsp3) is 0.250. The predicted molar refractivity (Wildman–Crippen MR) is 90.3 cm³/mol. The Labute approximate surface area is 139 Å². The van der Waals surface area contributed by atoms with Gasteiger partial charge in [-0.05, 0) is 36.5 Å². The van der Waals surface area contributed by atoms with Gasteiger partial charge in [0, 0.05) is 6.04 Å². The number of nitro groups is 1. The van der Waals surface area contributed by atoms with Crippen molar-refractivity contribution in [3.05, 3.63) is 64.2 Å². The van der Waals surface area contributed by atoms with Crippen LogP contribution in [0.4, 0.5) is 11.4 Å². The standard InChI is InChI=1S/C16H17N3O4S/c17-24(22,23)15-8-4-7-14(16(15)19(20)21)18-13-9-12(10-13)11-5-2-1-3-6-11/h1-8,12-13,18H,9-10H2,(H2,17,22,23). The minimum Gasteiger partial charge on any atom is -0.377 e. The van der Waals surface area contributed by atoms with Crippen LogP contribution in [-0.2, 0) is 10.0 Å². The van der Waals surface area contributed by atoms with Crippen molar-refractivity contribution < 1.29 is 13.3 Å². The monoisotopic (exact) mass is 347 g/mol. The van der Waals surface area contributed by atoms with Gasteiger partial charge in [0.15, 0.2) is 4.90 Å². The van der Waals surface area contributed by atoms with Crippen LogP contribution in [-0.4, -0.2) is 19.4 Å². The van der Waals surface area contributed by atoms with Crippen LogP contribution in [0.5, 0.6) is 0 Å². The van der Waals surface area contributed by atoms with Crippen molar-refractivity contribution in [2.24, 2.45) is 5.14 Å². The molecule has 1 aliphatic rings. The number of sulfonamides is 1. The number of benzene rings is 2. The first kappa shape index (κ1) is 16.4. The number of nitrogens with one attached hydrogen (secondary N) is 1. The number of rotatable bonds is 5. The maximum absolute atomic E-state index is 11.6. The third kappa shape index (κ3) is 3.24. The summed E-state index contributed by atoms with van der Waals surface area (Å²) >= 11 is 0. The van der Waals surface area contributed by atoms with Gasteiger partial charge in [-0.15, -0.1) is 0 Å². The molecule has 0 aliphatic heterocycles. The number of hydrogen-bond donors (Lipinski definition) is 2. The molecule has 3 N–H and O–H groups in total. The van der Waals surface area contributed by atoms with Crippen molar-refractivity contribution in [3.63, 3.8) is 0 Å². The molecule has 0 atom stereocenters. The Kier molecular flexibility index (Phi) is 4.25. The molecule has 1 saturated carbocycles. The number of primary sulfonamides is 1. The molecule has 1 aliphatic carbocycles. The lowest BCUT2D eigenvalue weighted by Gasteiger charge is -2.36. The molecule has 1 fully saturated rings. The molecule has 0 bridgehead atoms. The van der Waals surface area contributed by atoms with Gasteiger partial charge < -0.3 is 5.32 Å². The van der Waals surface area contributed by atoms with E-state index >= 15 is 0 Å². The highest BCUT2D eigenvalue weighted by Crippen LogP contribution is 2.40. The molecule has 0 heterocycles. The van der Waals surface area contributed by atoms with Crippen molar-refractivity contribution in [1.82, 2.24) is 0 Å². The second kappa shape index (κ2) is 6.21. The Morgan fingerprint density at radius 2 is 1.75 bits per heavy atom. The van der Waals surface area contributed by atoms with E-state index in [4.69, 9.17) is 5.14 Å². The molecule has 7 nitrogen and oxygen atoms in total. The van der Waals surface area contributed by atoms with E-state index in [1.807, 2.05) is 18.2 Å². The van der Waals surface area contributed by atoms with Gasteiger partial charge in [0.25, 0.3) is 0 Å². The number of nitro benzene ring substituents is 1. The van der Waals surface area contributed by atoms with Crippen LogP contribution in [0.15, 0.2) is 53.4 Å². The van der Waals surface area contributed by atoms with E-state index in [1.165, 1.54) is 17.7 Å². The van der Waals surface area contributed by atoms with Gasteiger partial charge in [-0.2, -0.15) is 0 Å². The Morgan fingerprint density at radius 3 is 2.33 bits per heavy atom. The second-order valence-corrected chi connectivity index (χ2v) is 7.40. The summed E-state index contributed by atoms with van der Waals surface area (Å²) < 4.78 is 23.1. The summed E-state index contributed by atoms with van der Waals surface area (Å²) in [6, 6.07) is 14.2. The highest BCUT2D eigenvalue weighted by Gasteiger charge is 2.33. The molecule has 24 heavy (non-hydrogen) atoms. The minimum atomic E-state index is -4.16. The molecular formula is C16H17N3O4S. The fourth-order valence-corrected chi connectivity index (χ4v) is 3.73. The summed E-state index contributed by atoms with van der Waals surface area (Å²) in [6.07, 6.45) is 1.67. The average molecular weight is 347 g/mol. The summed E-state index contributed by atoms with van der Waals surface area (Å²) in [5.74, 6) is 0.407. The van der Waals surface area contributed by atoms with Crippen molar-refractivity contribution in [2.75, 3.05) is 5.32 Å². The van der Waals surface area contributed by atoms with Crippen LogP contribution in [0, 0.1) is 10.1 Å². The number of nitrogens with two attached hydrogens (primary N) is 1. The molecule has 0 spiro atoms. The van der Waals surface area contributed by atoms with Crippen molar-refractivity contribution in [3.8, 4) is 0 Å². The summed E-state index contributed by atoms with van der Waals surface area (Å²) in [4.78, 5) is 10.1. The Bertz CT molecular complexity index is 862. The van der Waals surface area contributed by atoms with E-state index < -0.39 is 25.5 Å². The highest BCUT2D eigenvalue weighted by atomic mass is 32.2. The maximum atomic E-state index is 11.6. The van der Waals surface area contributed by atoms with E-state index in [0.29, 0.717) is 5.92 Å². The van der Waals surface area contributed by atoms with Crippen molar-refractivity contribution >= 4 is 21.4 Å². The lowest BCUT2D eigenvalue weighted by Crippen LogP contribution is -2.34. The van der Waals surface area contributed by atoms with Crippen LogP contribution in [0.25, 0.3) is 0 Å². The summed E-state index contributed by atoms with van der Waals surface area (Å²) in [7, 11) is -4.16. The largest absolute Gasteiger partial charge is 0.377 e. The van der Waals surface area contributed by atoms with Crippen LogP contribution in [0.3, 0.4) is 0 Å². The molecule has 3 rings (SSSR count). The Morgan fingerprint density at radius 1 is 1.08 bits per heavy atom. The minimum absolute atomic E-state index is 0.0598. The topological polar surface area (TPSA) is 115 Å². The lowest BCUT2D eigenvalue weighted by atomic mass is 9.76. The first-order valence-corrected chi connectivity index (χ1v) is 9.02. The van der Waals surface area contributed by atoms with Gasteiger partial charge in [-0.25, -0.2) is 13.6 Å². The third-order valence-electron chi connectivity index (χ3n) is 4.26. The zero-order chi connectivity index (χ0) is 17.3. The lowest BCUT2D eigenvalue weighted by molar-refractivity contribution is -0.386.